The van der Waals surface area contributed by atoms with Crippen molar-refractivity contribution in [2.45, 2.75) is 46.6 Å². The number of nitrogens with zero attached hydrogens (tertiary/aromatic N) is 2. The summed E-state index contributed by atoms with van der Waals surface area (Å²) in [6, 6.07) is 3.55. The van der Waals surface area contributed by atoms with Gasteiger partial charge in [-0.25, -0.2) is 0 Å². The number of hydrogen-bond donors (Lipinski definition) is 2. The molecule has 5 nitrogen and oxygen atoms in total. The molecule has 1 aromatic carbocycles. The number of phenols is 1. The highest BCUT2D eigenvalue weighted by Gasteiger charge is 2.12. The summed E-state index contributed by atoms with van der Waals surface area (Å²) in [7, 11) is 0. The van der Waals surface area contributed by atoms with E-state index in [1.807, 2.05) is 40.0 Å². The van der Waals surface area contributed by atoms with Gasteiger partial charge in [0.1, 0.15) is 5.75 Å². The molecule has 0 saturated heterocycles. The van der Waals surface area contributed by atoms with Crippen LogP contribution in [-0.4, -0.2) is 20.8 Å². The third kappa shape index (κ3) is 4.46. The topological polar surface area (TPSA) is 67.2 Å². The summed E-state index contributed by atoms with van der Waals surface area (Å²) >= 11 is 2.23. The fourth-order valence-corrected chi connectivity index (χ4v) is 2.77. The molecular weight excluding hydrogens is 405 g/mol. The van der Waals surface area contributed by atoms with E-state index < -0.39 is 0 Å². The molecule has 1 amide bonds. The Balaban J connectivity index is 2.03. The van der Waals surface area contributed by atoms with Crippen LogP contribution in [0.1, 0.15) is 43.0 Å². The van der Waals surface area contributed by atoms with Gasteiger partial charge in [-0.15, -0.1) is 0 Å². The van der Waals surface area contributed by atoms with E-state index in [-0.39, 0.29) is 17.6 Å². The minimum absolute atomic E-state index is 0.0587. The number of hydrogen-bond acceptors (Lipinski definition) is 3. The van der Waals surface area contributed by atoms with E-state index in [9.17, 15) is 9.90 Å². The quantitative estimate of drug-likeness (QED) is 0.561. The number of nitrogens with one attached hydrogen (secondary N) is 1. The van der Waals surface area contributed by atoms with Gasteiger partial charge in [-0.05, 0) is 65.6 Å². The predicted molar refractivity (Wildman–Crippen MR) is 99.9 cm³/mol. The molecule has 0 unspecified atom stereocenters. The number of anilines is 1. The average Bonchev–Trinajstić information content (AvgIpc) is 2.78. The van der Waals surface area contributed by atoms with Crippen LogP contribution in [0.5, 0.6) is 5.75 Å². The second kappa shape index (κ2) is 7.33. The Bertz CT molecular complexity index is 703. The van der Waals surface area contributed by atoms with Gasteiger partial charge in [0.25, 0.3) is 0 Å². The molecule has 124 valence electrons. The maximum Gasteiger partial charge on any atom is 0.226 e. The Morgan fingerprint density at radius 3 is 2.65 bits per heavy atom. The summed E-state index contributed by atoms with van der Waals surface area (Å²) in [5.41, 5.74) is 3.41. The van der Waals surface area contributed by atoms with Gasteiger partial charge in [0.15, 0.2) is 0 Å². The number of phenolic OH excluding ortho intramolecular Hbond substituents is 1. The molecule has 23 heavy (non-hydrogen) atoms. The summed E-state index contributed by atoms with van der Waals surface area (Å²) in [6.07, 6.45) is 2.29. The molecule has 2 N–H and O–H groups in total. The van der Waals surface area contributed by atoms with Crippen molar-refractivity contribution in [1.29, 1.82) is 0 Å². The number of rotatable bonds is 5. The molecule has 0 fully saturated rings. The van der Waals surface area contributed by atoms with Crippen LogP contribution in [0.25, 0.3) is 0 Å². The van der Waals surface area contributed by atoms with Crippen LogP contribution in [0, 0.1) is 17.4 Å². The largest absolute Gasteiger partial charge is 0.508 e. The molecule has 0 radical (unpaired) electrons. The Morgan fingerprint density at radius 2 is 2.09 bits per heavy atom. The van der Waals surface area contributed by atoms with Gasteiger partial charge in [0.2, 0.25) is 5.91 Å². The Labute approximate surface area is 150 Å². The van der Waals surface area contributed by atoms with Crippen LogP contribution in [0.15, 0.2) is 18.3 Å². The highest BCUT2D eigenvalue weighted by atomic mass is 127. The molecule has 0 atom stereocenters. The van der Waals surface area contributed by atoms with Crippen molar-refractivity contribution in [2.24, 2.45) is 0 Å². The lowest BCUT2D eigenvalue weighted by atomic mass is 9.99. The van der Waals surface area contributed by atoms with Crippen LogP contribution in [-0.2, 0) is 11.3 Å². The first-order chi connectivity index (χ1) is 10.8. The normalized spacial score (nSPS) is 11.0. The standard InChI is InChI=1S/C17H22IN3O2/c1-10(2)13-8-15(11(3)7-16(13)22)19-17(23)5-6-21-9-14(18)12(4)20-21/h7-10,22H,5-6H2,1-4H3,(H,19,23). The minimum Gasteiger partial charge on any atom is -0.508 e. The first-order valence-corrected chi connectivity index (χ1v) is 8.68. The maximum atomic E-state index is 12.2. The molecule has 0 aliphatic rings. The SMILES string of the molecule is Cc1cc(O)c(C(C)C)cc1NC(=O)CCn1cc(I)c(C)n1. The van der Waals surface area contributed by atoms with Crippen LogP contribution < -0.4 is 5.32 Å². The fourth-order valence-electron chi connectivity index (χ4n) is 2.34. The van der Waals surface area contributed by atoms with E-state index in [2.05, 4.69) is 33.0 Å². The lowest BCUT2D eigenvalue weighted by molar-refractivity contribution is -0.116. The number of aromatic nitrogens is 2. The molecule has 2 rings (SSSR count). The summed E-state index contributed by atoms with van der Waals surface area (Å²) in [5.74, 6) is 0.411. The molecular formula is C17H22IN3O2. The average molecular weight is 427 g/mol. The van der Waals surface area contributed by atoms with Crippen molar-refractivity contribution >= 4 is 34.2 Å². The van der Waals surface area contributed by atoms with Crippen LogP contribution >= 0.6 is 22.6 Å². The molecule has 1 heterocycles. The lowest BCUT2D eigenvalue weighted by Crippen LogP contribution is -2.15. The van der Waals surface area contributed by atoms with E-state index in [1.54, 1.807) is 10.7 Å². The molecule has 0 spiro atoms. The lowest BCUT2D eigenvalue weighted by Gasteiger charge is -2.14. The first-order valence-electron chi connectivity index (χ1n) is 7.61. The van der Waals surface area contributed by atoms with E-state index in [0.29, 0.717) is 13.0 Å². The summed E-state index contributed by atoms with van der Waals surface area (Å²) < 4.78 is 2.89. The van der Waals surface area contributed by atoms with Gasteiger partial charge >= 0.3 is 0 Å². The number of benzene rings is 1. The zero-order chi connectivity index (χ0) is 17.1. The summed E-state index contributed by atoms with van der Waals surface area (Å²) in [4.78, 5) is 12.2. The van der Waals surface area contributed by atoms with E-state index in [4.69, 9.17) is 0 Å². The molecule has 2 aromatic rings. The van der Waals surface area contributed by atoms with Crippen LogP contribution in [0.3, 0.4) is 0 Å². The number of carbonyl (C=O) groups excluding carboxylic acids is 1. The fraction of sp³-hybridized carbons (Fsp3) is 0.412. The zero-order valence-corrected chi connectivity index (χ0v) is 16.0. The number of amides is 1. The van der Waals surface area contributed by atoms with E-state index in [0.717, 1.165) is 26.1 Å². The van der Waals surface area contributed by atoms with Crippen molar-refractivity contribution in [1.82, 2.24) is 9.78 Å². The van der Waals surface area contributed by atoms with Gasteiger partial charge in [0.05, 0.1) is 9.26 Å². The van der Waals surface area contributed by atoms with Gasteiger partial charge in [-0.3, -0.25) is 9.48 Å². The monoisotopic (exact) mass is 427 g/mol. The van der Waals surface area contributed by atoms with Gasteiger partial charge < -0.3 is 10.4 Å². The highest BCUT2D eigenvalue weighted by molar-refractivity contribution is 14.1. The second-order valence-corrected chi connectivity index (χ2v) is 7.17. The third-order valence-electron chi connectivity index (χ3n) is 3.72. The van der Waals surface area contributed by atoms with Crippen molar-refractivity contribution < 1.29 is 9.90 Å². The zero-order valence-electron chi connectivity index (χ0n) is 13.9. The smallest absolute Gasteiger partial charge is 0.226 e. The van der Waals surface area contributed by atoms with Crippen molar-refractivity contribution in [2.75, 3.05) is 5.32 Å². The third-order valence-corrected chi connectivity index (χ3v) is 4.78. The second-order valence-electron chi connectivity index (χ2n) is 6.00. The van der Waals surface area contributed by atoms with Crippen molar-refractivity contribution in [3.8, 4) is 5.75 Å². The predicted octanol–water partition coefficient (Wildman–Crippen LogP) is 3.96. The molecule has 0 saturated carbocycles. The summed E-state index contributed by atoms with van der Waals surface area (Å²) in [6.45, 7) is 8.39. The first kappa shape index (κ1) is 17.8. The van der Waals surface area contributed by atoms with Gasteiger partial charge in [-0.2, -0.15) is 5.10 Å². The number of halogens is 1. The van der Waals surface area contributed by atoms with Crippen LogP contribution in [0.2, 0.25) is 0 Å². The summed E-state index contributed by atoms with van der Waals surface area (Å²) in [5, 5.41) is 17.3. The molecule has 1 aromatic heterocycles. The minimum atomic E-state index is -0.0587. The molecule has 0 bridgehead atoms. The molecule has 0 aliphatic carbocycles. The van der Waals surface area contributed by atoms with Gasteiger partial charge in [0, 0.05) is 24.8 Å². The van der Waals surface area contributed by atoms with E-state index in [1.165, 1.54) is 0 Å². The number of carbonyl (C=O) groups is 1. The van der Waals surface area contributed by atoms with Crippen molar-refractivity contribution in [3.63, 3.8) is 0 Å². The van der Waals surface area contributed by atoms with E-state index >= 15 is 0 Å². The number of aryl methyl sites for hydroxylation is 3. The van der Waals surface area contributed by atoms with Gasteiger partial charge in [-0.1, -0.05) is 13.8 Å². The molecule has 6 heteroatoms. The molecule has 0 aliphatic heterocycles. The Kier molecular flexibility index (Phi) is 5.67. The Morgan fingerprint density at radius 1 is 1.39 bits per heavy atom. The van der Waals surface area contributed by atoms with Crippen molar-refractivity contribution in [3.05, 3.63) is 38.7 Å². The highest BCUT2D eigenvalue weighted by Crippen LogP contribution is 2.31. The Hall–Kier alpha value is -1.57. The maximum absolute atomic E-state index is 12.2. The number of aromatic hydroxyl groups is 1. The van der Waals surface area contributed by atoms with Crippen LogP contribution in [0.4, 0.5) is 5.69 Å².